The molecule has 0 aliphatic carbocycles. The highest BCUT2D eigenvalue weighted by molar-refractivity contribution is 7.89. The predicted octanol–water partition coefficient (Wildman–Crippen LogP) is 3.71. The number of para-hydroxylation sites is 2. The number of hydrogen-bond donors (Lipinski definition) is 2. The van der Waals surface area contributed by atoms with Gasteiger partial charge in [-0.05, 0) is 49.1 Å². The Morgan fingerprint density at radius 1 is 1.11 bits per heavy atom. The summed E-state index contributed by atoms with van der Waals surface area (Å²) in [5, 5.41) is 19.7. The largest absolute Gasteiger partial charge is 0.507 e. The molecule has 0 radical (unpaired) electrons. The Balaban J connectivity index is 1.32. The number of imidazole rings is 1. The van der Waals surface area contributed by atoms with Gasteiger partial charge < -0.3 is 14.8 Å². The molecule has 1 aliphatic rings. The van der Waals surface area contributed by atoms with Crippen LogP contribution < -0.4 is 0 Å². The summed E-state index contributed by atoms with van der Waals surface area (Å²) in [6.45, 7) is 0.633. The smallest absolute Gasteiger partial charge is 0.306 e. The molecule has 1 fully saturated rings. The average Bonchev–Trinajstić information content (AvgIpc) is 3.31. The molecule has 0 bridgehead atoms. The molecule has 0 amide bonds. The Labute approximate surface area is 203 Å². The van der Waals surface area contributed by atoms with Crippen molar-refractivity contribution in [2.45, 2.75) is 37.0 Å². The molecule has 4 rings (SSSR count). The minimum Gasteiger partial charge on any atom is -0.507 e. The monoisotopic (exact) mass is 494 g/mol. The number of nitrogens with zero attached hydrogens (tertiary/aromatic N) is 3. The van der Waals surface area contributed by atoms with E-state index in [-0.39, 0.29) is 22.7 Å². The van der Waals surface area contributed by atoms with Crippen molar-refractivity contribution < 1.29 is 23.1 Å². The number of allylic oxidation sites excluding steroid dienone is 1. The van der Waals surface area contributed by atoms with Gasteiger partial charge in [0.25, 0.3) is 0 Å². The number of carbonyl (C=O) groups is 1. The van der Waals surface area contributed by atoms with E-state index in [1.807, 2.05) is 18.2 Å². The summed E-state index contributed by atoms with van der Waals surface area (Å²) >= 11 is 0. The van der Waals surface area contributed by atoms with Crippen molar-refractivity contribution in [1.82, 2.24) is 14.3 Å². The number of ether oxygens (including phenoxy) is 1. The number of fused-ring (bicyclic) bond motifs is 1. The number of aliphatic hydroxyl groups is 1. The first-order valence-electron chi connectivity index (χ1n) is 11.4. The van der Waals surface area contributed by atoms with Crippen molar-refractivity contribution in [3.63, 3.8) is 0 Å². The van der Waals surface area contributed by atoms with Gasteiger partial charge >= 0.3 is 5.97 Å². The van der Waals surface area contributed by atoms with Crippen LogP contribution in [0, 0.1) is 11.3 Å². The van der Waals surface area contributed by atoms with E-state index in [4.69, 9.17) is 4.74 Å². The molecule has 0 saturated carbocycles. The fourth-order valence-corrected chi connectivity index (χ4v) is 5.46. The average molecular weight is 495 g/mol. The molecular weight excluding hydrogens is 468 g/mol. The maximum absolute atomic E-state index is 12.7. The van der Waals surface area contributed by atoms with E-state index in [2.05, 4.69) is 9.97 Å². The lowest BCUT2D eigenvalue weighted by atomic mass is 10.1. The highest BCUT2D eigenvalue weighted by Crippen LogP contribution is 2.22. The predicted molar refractivity (Wildman–Crippen MR) is 130 cm³/mol. The Bertz CT molecular complexity index is 1350. The van der Waals surface area contributed by atoms with Crippen molar-refractivity contribution in [3.05, 3.63) is 65.7 Å². The fraction of sp³-hybridized carbons (Fsp3) is 0.320. The molecule has 2 N–H and O–H groups in total. The fourth-order valence-electron chi connectivity index (χ4n) is 3.95. The highest BCUT2D eigenvalue weighted by atomic mass is 32.2. The van der Waals surface area contributed by atoms with Crippen molar-refractivity contribution >= 4 is 32.6 Å². The van der Waals surface area contributed by atoms with Crippen LogP contribution in [0.2, 0.25) is 0 Å². The van der Waals surface area contributed by atoms with Crippen LogP contribution in [0.3, 0.4) is 0 Å². The van der Waals surface area contributed by atoms with Crippen molar-refractivity contribution in [3.8, 4) is 6.07 Å². The summed E-state index contributed by atoms with van der Waals surface area (Å²) in [6.07, 6.45) is 3.18. The first-order chi connectivity index (χ1) is 16.9. The third kappa shape index (κ3) is 5.70. The van der Waals surface area contributed by atoms with Gasteiger partial charge in [0.2, 0.25) is 10.0 Å². The number of aryl methyl sites for hydroxylation is 1. The zero-order chi connectivity index (χ0) is 24.8. The number of aliphatic hydroxyl groups excluding tert-OH is 1. The quantitative estimate of drug-likeness (QED) is 0.277. The van der Waals surface area contributed by atoms with Gasteiger partial charge in [0, 0.05) is 19.5 Å². The number of piperidine rings is 1. The lowest BCUT2D eigenvalue weighted by Crippen LogP contribution is -2.35. The molecule has 1 aromatic heterocycles. The van der Waals surface area contributed by atoms with Crippen LogP contribution in [-0.2, 0) is 26.0 Å². The summed E-state index contributed by atoms with van der Waals surface area (Å²) in [5.41, 5.74) is 2.06. The SMILES string of the molecule is N#C/C(=C(/O)COC(=O)CCc1ccc(S(=O)(=O)N2CCCCC2)cc1)c1nc2ccccc2[nH]1. The van der Waals surface area contributed by atoms with Gasteiger partial charge in [-0.3, -0.25) is 4.79 Å². The summed E-state index contributed by atoms with van der Waals surface area (Å²) in [7, 11) is -3.50. The van der Waals surface area contributed by atoms with Gasteiger partial charge in [-0.15, -0.1) is 0 Å². The minimum absolute atomic E-state index is 0.0397. The molecule has 182 valence electrons. The van der Waals surface area contributed by atoms with Gasteiger partial charge in [-0.2, -0.15) is 9.57 Å². The molecule has 0 atom stereocenters. The maximum Gasteiger partial charge on any atom is 0.306 e. The van der Waals surface area contributed by atoms with Crippen LogP contribution in [0.5, 0.6) is 0 Å². The molecule has 1 saturated heterocycles. The van der Waals surface area contributed by atoms with E-state index in [0.29, 0.717) is 25.0 Å². The number of carbonyl (C=O) groups excluding carboxylic acids is 1. The summed E-state index contributed by atoms with van der Waals surface area (Å²) in [6, 6.07) is 15.6. The van der Waals surface area contributed by atoms with Crippen LogP contribution in [0.1, 0.15) is 37.1 Å². The number of nitrogens with one attached hydrogen (secondary N) is 1. The standard InChI is InChI=1S/C25H26N4O5S/c26-16-20(25-27-21-6-2-3-7-22(21)28-25)23(30)17-34-24(31)13-10-18-8-11-19(12-9-18)35(32,33)29-14-4-1-5-15-29/h2-3,6-9,11-12,30H,1,4-5,10,13-15,17H2,(H,27,28)/b23-20-. The molecular formula is C25H26N4O5S. The number of nitriles is 1. The second-order valence-corrected chi connectivity index (χ2v) is 10.2. The molecule has 1 aliphatic heterocycles. The van der Waals surface area contributed by atoms with Crippen molar-refractivity contribution in [2.24, 2.45) is 0 Å². The van der Waals surface area contributed by atoms with Crippen LogP contribution in [-0.4, -0.2) is 53.5 Å². The Morgan fingerprint density at radius 2 is 1.83 bits per heavy atom. The van der Waals surface area contributed by atoms with Crippen molar-refractivity contribution in [2.75, 3.05) is 19.7 Å². The first-order valence-corrected chi connectivity index (χ1v) is 12.8. The number of aromatic amines is 1. The zero-order valence-corrected chi connectivity index (χ0v) is 19.9. The molecule has 0 spiro atoms. The third-order valence-corrected chi connectivity index (χ3v) is 7.80. The Morgan fingerprint density at radius 3 is 2.51 bits per heavy atom. The van der Waals surface area contributed by atoms with E-state index >= 15 is 0 Å². The molecule has 0 unspecified atom stereocenters. The van der Waals surface area contributed by atoms with E-state index in [1.165, 1.54) is 4.31 Å². The third-order valence-electron chi connectivity index (χ3n) is 5.89. The van der Waals surface area contributed by atoms with E-state index in [1.54, 1.807) is 36.4 Å². The van der Waals surface area contributed by atoms with E-state index < -0.39 is 28.4 Å². The summed E-state index contributed by atoms with van der Waals surface area (Å²) in [4.78, 5) is 19.7. The lowest BCUT2D eigenvalue weighted by Gasteiger charge is -2.25. The highest BCUT2D eigenvalue weighted by Gasteiger charge is 2.25. The Hall–Kier alpha value is -3.68. The van der Waals surface area contributed by atoms with Gasteiger partial charge in [0.15, 0.2) is 11.6 Å². The summed E-state index contributed by atoms with van der Waals surface area (Å²) < 4.78 is 32.1. The molecule has 2 aromatic carbocycles. The number of esters is 1. The van der Waals surface area contributed by atoms with Gasteiger partial charge in [-0.25, -0.2) is 13.4 Å². The van der Waals surface area contributed by atoms with Gasteiger partial charge in [-0.1, -0.05) is 30.7 Å². The van der Waals surface area contributed by atoms with Gasteiger partial charge in [0.05, 0.1) is 15.9 Å². The van der Waals surface area contributed by atoms with Crippen LogP contribution in [0.25, 0.3) is 16.6 Å². The van der Waals surface area contributed by atoms with Crippen LogP contribution in [0.15, 0.2) is 59.2 Å². The number of H-pyrrole nitrogens is 1. The number of rotatable bonds is 8. The molecule has 9 nitrogen and oxygen atoms in total. The second-order valence-electron chi connectivity index (χ2n) is 8.31. The second kappa shape index (κ2) is 10.7. The first kappa shape index (κ1) is 24.4. The minimum atomic E-state index is -3.50. The normalized spacial score (nSPS) is 15.4. The number of sulfonamides is 1. The summed E-state index contributed by atoms with van der Waals surface area (Å²) in [5.74, 6) is -0.752. The topological polar surface area (TPSA) is 136 Å². The number of hydrogen-bond acceptors (Lipinski definition) is 7. The number of aromatic nitrogens is 2. The molecule has 10 heteroatoms. The van der Waals surface area contributed by atoms with Gasteiger partial charge in [0.1, 0.15) is 18.2 Å². The van der Waals surface area contributed by atoms with Crippen molar-refractivity contribution in [1.29, 1.82) is 5.26 Å². The Kier molecular flexibility index (Phi) is 7.48. The molecule has 35 heavy (non-hydrogen) atoms. The molecule has 2 heterocycles. The maximum atomic E-state index is 12.7. The van der Waals surface area contributed by atoms with E-state index in [9.17, 15) is 23.6 Å². The molecule has 3 aromatic rings. The van der Waals surface area contributed by atoms with E-state index in [0.717, 1.165) is 30.3 Å². The lowest BCUT2D eigenvalue weighted by molar-refractivity contribution is -0.143. The van der Waals surface area contributed by atoms with Crippen LogP contribution >= 0.6 is 0 Å². The zero-order valence-electron chi connectivity index (χ0n) is 19.1. The van der Waals surface area contributed by atoms with Crippen LogP contribution in [0.4, 0.5) is 0 Å². The number of benzene rings is 2.